The second-order valence-electron chi connectivity index (χ2n) is 4.23. The fourth-order valence-electron chi connectivity index (χ4n) is 1.95. The summed E-state index contributed by atoms with van der Waals surface area (Å²) in [5.74, 6) is 0. The number of halogens is 1. The summed E-state index contributed by atoms with van der Waals surface area (Å²) in [6, 6.07) is 6.86. The van der Waals surface area contributed by atoms with Crippen molar-refractivity contribution in [1.29, 1.82) is 0 Å². The lowest BCUT2D eigenvalue weighted by atomic mass is 10.1. The van der Waals surface area contributed by atoms with Gasteiger partial charge in [0.15, 0.2) is 0 Å². The van der Waals surface area contributed by atoms with Gasteiger partial charge in [-0.15, -0.1) is 0 Å². The van der Waals surface area contributed by atoms with Gasteiger partial charge < -0.3 is 10.2 Å². The molecular formula is C12H17ClN2. The van der Waals surface area contributed by atoms with Crippen LogP contribution < -0.4 is 10.2 Å². The molecular weight excluding hydrogens is 208 g/mol. The zero-order valence-electron chi connectivity index (χ0n) is 9.26. The lowest BCUT2D eigenvalue weighted by Crippen LogP contribution is -2.49. The maximum absolute atomic E-state index is 6.13. The van der Waals surface area contributed by atoms with Gasteiger partial charge in [-0.3, -0.25) is 0 Å². The number of aryl methyl sites for hydroxylation is 1. The van der Waals surface area contributed by atoms with E-state index in [4.69, 9.17) is 11.6 Å². The van der Waals surface area contributed by atoms with E-state index in [0.29, 0.717) is 6.04 Å². The molecule has 15 heavy (non-hydrogen) atoms. The van der Waals surface area contributed by atoms with Crippen LogP contribution in [0.1, 0.15) is 12.5 Å². The Kier molecular flexibility index (Phi) is 3.17. The zero-order valence-corrected chi connectivity index (χ0v) is 10.0. The van der Waals surface area contributed by atoms with Crippen LogP contribution in [-0.4, -0.2) is 25.7 Å². The average molecular weight is 225 g/mol. The Morgan fingerprint density at radius 3 is 2.93 bits per heavy atom. The minimum Gasteiger partial charge on any atom is -0.369 e. The van der Waals surface area contributed by atoms with Crippen molar-refractivity contribution in [1.82, 2.24) is 5.32 Å². The van der Waals surface area contributed by atoms with Gasteiger partial charge in [-0.05, 0) is 31.5 Å². The van der Waals surface area contributed by atoms with E-state index in [1.807, 2.05) is 6.92 Å². The number of nitrogens with zero attached hydrogens (tertiary/aromatic N) is 1. The molecule has 1 N–H and O–H groups in total. The van der Waals surface area contributed by atoms with E-state index in [9.17, 15) is 0 Å². The van der Waals surface area contributed by atoms with Crippen LogP contribution in [0.4, 0.5) is 5.69 Å². The summed E-state index contributed by atoms with van der Waals surface area (Å²) in [5, 5.41) is 4.29. The number of benzene rings is 1. The molecule has 1 aliphatic heterocycles. The third-order valence-electron chi connectivity index (χ3n) is 2.89. The summed E-state index contributed by atoms with van der Waals surface area (Å²) < 4.78 is 0. The Morgan fingerprint density at radius 2 is 2.27 bits per heavy atom. The molecule has 0 aliphatic carbocycles. The van der Waals surface area contributed by atoms with Crippen LogP contribution in [0.3, 0.4) is 0 Å². The fourth-order valence-corrected chi connectivity index (χ4v) is 2.12. The molecule has 2 rings (SSSR count). The Hall–Kier alpha value is -0.730. The van der Waals surface area contributed by atoms with E-state index in [-0.39, 0.29) is 0 Å². The highest BCUT2D eigenvalue weighted by Crippen LogP contribution is 2.23. The van der Waals surface area contributed by atoms with E-state index < -0.39 is 0 Å². The van der Waals surface area contributed by atoms with E-state index in [1.165, 1.54) is 5.69 Å². The van der Waals surface area contributed by atoms with Gasteiger partial charge in [0.25, 0.3) is 0 Å². The number of rotatable bonds is 1. The van der Waals surface area contributed by atoms with E-state index in [2.05, 4.69) is 35.3 Å². The lowest BCUT2D eigenvalue weighted by Gasteiger charge is -2.33. The molecule has 1 aliphatic rings. The van der Waals surface area contributed by atoms with Crippen LogP contribution in [0.5, 0.6) is 0 Å². The van der Waals surface area contributed by atoms with Crippen molar-refractivity contribution in [2.75, 3.05) is 24.5 Å². The summed E-state index contributed by atoms with van der Waals surface area (Å²) in [6.07, 6.45) is 0. The number of nitrogens with one attached hydrogen (secondary N) is 1. The van der Waals surface area contributed by atoms with E-state index in [1.54, 1.807) is 0 Å². The van der Waals surface area contributed by atoms with Crippen LogP contribution in [0.2, 0.25) is 5.02 Å². The molecule has 0 spiro atoms. The second-order valence-corrected chi connectivity index (χ2v) is 4.64. The number of anilines is 1. The van der Waals surface area contributed by atoms with Crippen molar-refractivity contribution >= 4 is 17.3 Å². The van der Waals surface area contributed by atoms with Gasteiger partial charge in [0, 0.05) is 36.4 Å². The summed E-state index contributed by atoms with van der Waals surface area (Å²) in [5.41, 5.74) is 2.38. The minimum absolute atomic E-state index is 0.554. The molecule has 82 valence electrons. The average Bonchev–Trinajstić information content (AvgIpc) is 2.22. The molecule has 1 fully saturated rings. The number of hydrogen-bond donors (Lipinski definition) is 1. The first-order chi connectivity index (χ1) is 7.16. The molecule has 1 aromatic rings. The van der Waals surface area contributed by atoms with Gasteiger partial charge in [0.05, 0.1) is 0 Å². The molecule has 1 atom stereocenters. The molecule has 0 bridgehead atoms. The van der Waals surface area contributed by atoms with E-state index >= 15 is 0 Å². The molecule has 0 amide bonds. The quantitative estimate of drug-likeness (QED) is 0.789. The maximum Gasteiger partial charge on any atom is 0.0455 e. The Morgan fingerprint density at radius 1 is 1.47 bits per heavy atom. The molecule has 2 nitrogen and oxygen atoms in total. The van der Waals surface area contributed by atoms with Crippen LogP contribution in [0, 0.1) is 6.92 Å². The van der Waals surface area contributed by atoms with Gasteiger partial charge in [-0.1, -0.05) is 17.7 Å². The van der Waals surface area contributed by atoms with Crippen LogP contribution in [0.25, 0.3) is 0 Å². The largest absolute Gasteiger partial charge is 0.369 e. The highest BCUT2D eigenvalue weighted by Gasteiger charge is 2.16. The molecule has 1 saturated heterocycles. The van der Waals surface area contributed by atoms with Gasteiger partial charge in [-0.25, -0.2) is 0 Å². The normalized spacial score (nSPS) is 21.8. The second kappa shape index (κ2) is 4.42. The summed E-state index contributed by atoms with van der Waals surface area (Å²) in [7, 11) is 0. The summed E-state index contributed by atoms with van der Waals surface area (Å²) >= 11 is 6.13. The van der Waals surface area contributed by atoms with Crippen molar-refractivity contribution in [3.05, 3.63) is 28.8 Å². The van der Waals surface area contributed by atoms with Crippen molar-refractivity contribution < 1.29 is 0 Å². The SMILES string of the molecule is Cc1ccc(N2CCN[C@H](C)C2)cc1Cl. The first-order valence-electron chi connectivity index (χ1n) is 5.41. The van der Waals surface area contributed by atoms with Crippen LogP contribution in [-0.2, 0) is 0 Å². The Bertz CT molecular complexity index is 351. The fraction of sp³-hybridized carbons (Fsp3) is 0.500. The highest BCUT2D eigenvalue weighted by atomic mass is 35.5. The third kappa shape index (κ3) is 2.44. The monoisotopic (exact) mass is 224 g/mol. The third-order valence-corrected chi connectivity index (χ3v) is 3.30. The number of piperazine rings is 1. The maximum atomic E-state index is 6.13. The lowest BCUT2D eigenvalue weighted by molar-refractivity contribution is 0.485. The first kappa shape index (κ1) is 10.8. The zero-order chi connectivity index (χ0) is 10.8. The van der Waals surface area contributed by atoms with Crippen LogP contribution >= 0.6 is 11.6 Å². The molecule has 0 radical (unpaired) electrons. The topological polar surface area (TPSA) is 15.3 Å². The minimum atomic E-state index is 0.554. The van der Waals surface area contributed by atoms with Gasteiger partial charge in [-0.2, -0.15) is 0 Å². The Labute approximate surface area is 96.2 Å². The van der Waals surface area contributed by atoms with Gasteiger partial charge in [0.2, 0.25) is 0 Å². The van der Waals surface area contributed by atoms with Gasteiger partial charge in [0.1, 0.15) is 0 Å². The number of hydrogen-bond acceptors (Lipinski definition) is 2. The van der Waals surface area contributed by atoms with Crippen molar-refractivity contribution in [3.8, 4) is 0 Å². The first-order valence-corrected chi connectivity index (χ1v) is 5.79. The molecule has 0 aromatic heterocycles. The molecule has 1 aromatic carbocycles. The van der Waals surface area contributed by atoms with E-state index in [0.717, 1.165) is 30.2 Å². The highest BCUT2D eigenvalue weighted by molar-refractivity contribution is 6.31. The molecule has 1 heterocycles. The standard InChI is InChI=1S/C12H17ClN2/c1-9-3-4-11(7-12(9)13)15-6-5-14-10(2)8-15/h3-4,7,10,14H,5-6,8H2,1-2H3/t10-/m1/s1. The van der Waals surface area contributed by atoms with Gasteiger partial charge >= 0.3 is 0 Å². The molecule has 0 unspecified atom stereocenters. The summed E-state index contributed by atoms with van der Waals surface area (Å²) in [4.78, 5) is 2.38. The van der Waals surface area contributed by atoms with Crippen molar-refractivity contribution in [2.24, 2.45) is 0 Å². The molecule has 0 saturated carbocycles. The predicted molar refractivity (Wildman–Crippen MR) is 65.9 cm³/mol. The van der Waals surface area contributed by atoms with Crippen molar-refractivity contribution in [2.45, 2.75) is 19.9 Å². The Balaban J connectivity index is 2.18. The van der Waals surface area contributed by atoms with Crippen molar-refractivity contribution in [3.63, 3.8) is 0 Å². The van der Waals surface area contributed by atoms with Crippen LogP contribution in [0.15, 0.2) is 18.2 Å². The smallest absolute Gasteiger partial charge is 0.0455 e. The summed E-state index contributed by atoms with van der Waals surface area (Å²) in [6.45, 7) is 7.41. The predicted octanol–water partition coefficient (Wildman–Crippen LogP) is 2.45. The molecule has 3 heteroatoms.